The van der Waals surface area contributed by atoms with Crippen LogP contribution in [-0.4, -0.2) is 71.5 Å². The summed E-state index contributed by atoms with van der Waals surface area (Å²) in [5.41, 5.74) is 2.55. The molecule has 3 aromatic carbocycles. The van der Waals surface area contributed by atoms with Crippen LogP contribution in [-0.2, 0) is 16.0 Å². The van der Waals surface area contributed by atoms with Gasteiger partial charge in [0.15, 0.2) is 5.82 Å². The third kappa shape index (κ3) is 6.81. The lowest BCUT2D eigenvalue weighted by Crippen LogP contribution is -2.56. The van der Waals surface area contributed by atoms with Crippen LogP contribution in [0, 0.1) is 5.82 Å². The first-order valence-electron chi connectivity index (χ1n) is 15.6. The molecule has 1 aliphatic rings. The number of carbonyl (C=O) groups is 4. The van der Waals surface area contributed by atoms with E-state index in [4.69, 9.17) is 11.6 Å². The molecule has 3 N–H and O–H groups in total. The summed E-state index contributed by atoms with van der Waals surface area (Å²) < 4.78 is 16.6. The van der Waals surface area contributed by atoms with Crippen LogP contribution in [0.3, 0.4) is 0 Å². The molecule has 3 heterocycles. The van der Waals surface area contributed by atoms with E-state index in [9.17, 15) is 24.3 Å². The maximum Gasteiger partial charge on any atom is 0.337 e. The fraction of sp³-hybridized carbons (Fsp3) is 0.167. The van der Waals surface area contributed by atoms with Gasteiger partial charge in [-0.2, -0.15) is 4.68 Å². The number of hydrogen-bond donors (Lipinski definition) is 3. The Morgan fingerprint density at radius 1 is 1.02 bits per heavy atom. The van der Waals surface area contributed by atoms with Crippen LogP contribution in [0.2, 0.25) is 5.02 Å². The number of pyridine rings is 1. The number of halogens is 2. The van der Waals surface area contributed by atoms with Gasteiger partial charge in [0.1, 0.15) is 18.2 Å². The smallest absolute Gasteiger partial charge is 0.337 e. The van der Waals surface area contributed by atoms with Gasteiger partial charge in [-0.1, -0.05) is 41.9 Å². The van der Waals surface area contributed by atoms with Crippen LogP contribution in [0.25, 0.3) is 22.9 Å². The lowest BCUT2D eigenvalue weighted by molar-refractivity contribution is -0.142. The van der Waals surface area contributed by atoms with E-state index < -0.39 is 35.2 Å². The molecule has 0 saturated carbocycles. The summed E-state index contributed by atoms with van der Waals surface area (Å²) in [6.45, 7) is 3.64. The number of aromatic carboxylic acids is 1. The number of amides is 3. The van der Waals surface area contributed by atoms with Gasteiger partial charge in [-0.05, 0) is 95.4 Å². The fourth-order valence-electron chi connectivity index (χ4n) is 6.17. The molecular formula is C36H30ClFN8O5. The Morgan fingerprint density at radius 2 is 1.76 bits per heavy atom. The highest BCUT2D eigenvalue weighted by molar-refractivity contribution is 6.31. The number of nitrogens with zero attached hydrogens (tertiary/aromatic N) is 6. The van der Waals surface area contributed by atoms with Gasteiger partial charge in [-0.15, -0.1) is 5.10 Å². The zero-order valence-corrected chi connectivity index (χ0v) is 28.2. The number of carboxylic acid groups (broad SMARTS) is 1. The number of benzene rings is 3. The van der Waals surface area contributed by atoms with Crippen molar-refractivity contribution in [2.24, 2.45) is 0 Å². The van der Waals surface area contributed by atoms with Crippen molar-refractivity contribution in [3.05, 3.63) is 124 Å². The molecule has 0 spiro atoms. The summed E-state index contributed by atoms with van der Waals surface area (Å²) in [4.78, 5) is 57.7. The predicted molar refractivity (Wildman–Crippen MR) is 186 cm³/mol. The lowest BCUT2D eigenvalue weighted by Gasteiger charge is -2.48. The van der Waals surface area contributed by atoms with E-state index >= 15 is 4.39 Å². The summed E-state index contributed by atoms with van der Waals surface area (Å²) in [6.07, 6.45) is 5.14. The van der Waals surface area contributed by atoms with Crippen molar-refractivity contribution in [3.8, 4) is 16.8 Å². The van der Waals surface area contributed by atoms with Crippen LogP contribution in [0.1, 0.15) is 57.3 Å². The molecule has 0 unspecified atom stereocenters. The minimum absolute atomic E-state index is 0.0513. The molecule has 0 fully saturated rings. The summed E-state index contributed by atoms with van der Waals surface area (Å²) in [6, 6.07) is 16.8. The topological polar surface area (TPSA) is 172 Å². The zero-order chi connectivity index (χ0) is 36.4. The van der Waals surface area contributed by atoms with Crippen LogP contribution in [0.15, 0.2) is 85.3 Å². The summed E-state index contributed by atoms with van der Waals surface area (Å²) in [5.74, 6) is -3.36. The summed E-state index contributed by atoms with van der Waals surface area (Å²) in [7, 11) is 1.55. The fourth-order valence-corrected chi connectivity index (χ4v) is 6.34. The Labute approximate surface area is 295 Å². The largest absolute Gasteiger partial charge is 0.478 e. The van der Waals surface area contributed by atoms with E-state index in [1.807, 2.05) is 32.0 Å². The van der Waals surface area contributed by atoms with Gasteiger partial charge in [-0.3, -0.25) is 14.4 Å². The Kier molecular flexibility index (Phi) is 9.44. The van der Waals surface area contributed by atoms with Gasteiger partial charge in [0.25, 0.3) is 11.8 Å². The van der Waals surface area contributed by atoms with Gasteiger partial charge < -0.3 is 20.6 Å². The quantitative estimate of drug-likeness (QED) is 0.185. The van der Waals surface area contributed by atoms with Crippen molar-refractivity contribution in [1.29, 1.82) is 0 Å². The van der Waals surface area contributed by atoms with E-state index in [-0.39, 0.29) is 33.6 Å². The number of fused-ring (bicyclic) bond motifs is 1. The van der Waals surface area contributed by atoms with Crippen molar-refractivity contribution in [3.63, 3.8) is 0 Å². The average Bonchev–Trinajstić information content (AvgIpc) is 3.66. The second-order valence-corrected chi connectivity index (χ2v) is 12.6. The van der Waals surface area contributed by atoms with Gasteiger partial charge in [0.05, 0.1) is 16.3 Å². The molecule has 13 nitrogen and oxygen atoms in total. The number of hydrogen-bond acceptors (Lipinski definition) is 8. The molecule has 15 heteroatoms. The number of nitrogens with one attached hydrogen (secondary N) is 2. The molecule has 1 atom stereocenters. The maximum absolute atomic E-state index is 15.4. The number of carboxylic acids is 1. The minimum atomic E-state index is -1.21. The molecule has 6 rings (SSSR count). The van der Waals surface area contributed by atoms with Crippen molar-refractivity contribution in [1.82, 2.24) is 35.4 Å². The number of tetrazole rings is 1. The Morgan fingerprint density at radius 3 is 2.41 bits per heavy atom. The molecule has 0 saturated heterocycles. The van der Waals surface area contributed by atoms with Crippen molar-refractivity contribution in [2.75, 3.05) is 12.4 Å². The lowest BCUT2D eigenvalue weighted by atomic mass is 9.77. The second kappa shape index (κ2) is 13.9. The Balaban J connectivity index is 1.44. The second-order valence-electron chi connectivity index (χ2n) is 12.2. The molecule has 1 aliphatic heterocycles. The van der Waals surface area contributed by atoms with Crippen molar-refractivity contribution >= 4 is 47.2 Å². The predicted octanol–water partition coefficient (Wildman–Crippen LogP) is 5.13. The molecule has 0 bridgehead atoms. The minimum Gasteiger partial charge on any atom is -0.478 e. The highest BCUT2D eigenvalue weighted by Gasteiger charge is 2.46. The third-order valence-corrected chi connectivity index (χ3v) is 8.85. The maximum atomic E-state index is 15.4. The van der Waals surface area contributed by atoms with Gasteiger partial charge in [0.2, 0.25) is 5.91 Å². The van der Waals surface area contributed by atoms with E-state index in [2.05, 4.69) is 31.1 Å². The molecular weight excluding hydrogens is 679 g/mol. The molecule has 2 aromatic heterocycles. The third-order valence-electron chi connectivity index (χ3n) is 8.56. The van der Waals surface area contributed by atoms with Crippen molar-refractivity contribution < 1.29 is 28.7 Å². The van der Waals surface area contributed by atoms with Crippen LogP contribution >= 0.6 is 11.6 Å². The molecule has 51 heavy (non-hydrogen) atoms. The Hall–Kier alpha value is -6.28. The average molecular weight is 709 g/mol. The first-order valence-corrected chi connectivity index (χ1v) is 15.9. The van der Waals surface area contributed by atoms with E-state index in [1.54, 1.807) is 31.3 Å². The highest BCUT2D eigenvalue weighted by atomic mass is 35.5. The standard InChI is InChI=1S/C36H30ClFN8O5/c1-36(2)17-26-23(20-7-9-21(10-8-20)33(48)39-3)5-4-6-24(26)32(34(49)42-29-15-11-22(18-40-29)35(50)51)46(36)30(47)16-12-25-28(45-19-41-43-44-45)14-13-27(37)31(25)38/h4-16,18-19,32H,17H2,1-3H3,(H,39,48)(H,50,51)(H,40,42,49)/b16-12+/t32-/m1/s1. The summed E-state index contributed by atoms with van der Waals surface area (Å²) >= 11 is 6.10. The monoisotopic (exact) mass is 708 g/mol. The number of carbonyl (C=O) groups excluding carboxylic acids is 3. The first kappa shape index (κ1) is 34.6. The van der Waals surface area contributed by atoms with Crippen LogP contribution in [0.5, 0.6) is 0 Å². The first-order chi connectivity index (χ1) is 24.4. The molecule has 3 amide bonds. The SMILES string of the molecule is CNC(=O)c1ccc(-c2cccc3c2CC(C)(C)N(C(=O)/C=C/c2c(-n4cnnn4)ccc(Cl)c2F)[C@H]3C(=O)Nc2ccc(C(=O)O)cn2)cc1. The normalized spacial score (nSPS) is 14.9. The van der Waals surface area contributed by atoms with Gasteiger partial charge in [-0.25, -0.2) is 14.2 Å². The van der Waals surface area contributed by atoms with Crippen molar-refractivity contribution in [2.45, 2.75) is 31.8 Å². The molecule has 5 aromatic rings. The molecule has 0 aliphatic carbocycles. The van der Waals surface area contributed by atoms with E-state index in [1.165, 1.54) is 46.3 Å². The highest BCUT2D eigenvalue weighted by Crippen LogP contribution is 2.43. The Bertz CT molecular complexity index is 2190. The molecule has 258 valence electrons. The number of aromatic nitrogens is 5. The van der Waals surface area contributed by atoms with E-state index in [0.717, 1.165) is 29.0 Å². The van der Waals surface area contributed by atoms with Gasteiger partial charge in [0, 0.05) is 36.0 Å². The van der Waals surface area contributed by atoms with Crippen LogP contribution < -0.4 is 10.6 Å². The van der Waals surface area contributed by atoms with E-state index in [0.29, 0.717) is 17.5 Å². The number of rotatable bonds is 8. The molecule has 0 radical (unpaired) electrons. The van der Waals surface area contributed by atoms with Crippen LogP contribution in [0.4, 0.5) is 10.2 Å². The summed E-state index contributed by atoms with van der Waals surface area (Å²) in [5, 5.41) is 25.5. The van der Waals surface area contributed by atoms with Gasteiger partial charge >= 0.3 is 5.97 Å². The number of anilines is 1. The zero-order valence-electron chi connectivity index (χ0n) is 27.5.